The van der Waals surface area contributed by atoms with E-state index >= 15 is 0 Å². The Morgan fingerprint density at radius 3 is 2.25 bits per heavy atom. The van der Waals surface area contributed by atoms with E-state index in [-0.39, 0.29) is 17.7 Å². The summed E-state index contributed by atoms with van der Waals surface area (Å²) in [4.78, 5) is 14.2. The average Bonchev–Trinajstić information content (AvgIpc) is 2.53. The monoisotopic (exact) mass is 355 g/mol. The molecule has 6 heteroatoms. The number of unbranched alkanes of at least 4 members (excludes halogenated alkanes) is 2. The Hall–Kier alpha value is -1.56. The molecular formula is C18H29NO4S. The number of carbonyl (C=O) groups is 1. The summed E-state index contributed by atoms with van der Waals surface area (Å²) in [6, 6.07) is 6.98. The quantitative estimate of drug-likeness (QED) is 0.474. The van der Waals surface area contributed by atoms with Crippen LogP contribution in [0.25, 0.3) is 0 Å². The van der Waals surface area contributed by atoms with E-state index in [4.69, 9.17) is 4.18 Å². The summed E-state index contributed by atoms with van der Waals surface area (Å²) in [5.74, 6) is 0.389. The number of amides is 1. The van der Waals surface area contributed by atoms with Crippen LogP contribution in [-0.4, -0.2) is 31.0 Å². The average molecular weight is 356 g/mol. The zero-order valence-electron chi connectivity index (χ0n) is 15.1. The van der Waals surface area contributed by atoms with Gasteiger partial charge in [0.15, 0.2) is 0 Å². The first-order valence-corrected chi connectivity index (χ1v) is 10.2. The molecule has 0 heterocycles. The Labute approximate surface area is 146 Å². The minimum absolute atomic E-state index is 0.0673. The van der Waals surface area contributed by atoms with Crippen molar-refractivity contribution < 1.29 is 17.4 Å². The van der Waals surface area contributed by atoms with Crippen LogP contribution in [0.3, 0.4) is 0 Å². The lowest BCUT2D eigenvalue weighted by molar-refractivity contribution is -0.133. The highest BCUT2D eigenvalue weighted by molar-refractivity contribution is 7.87. The molecule has 0 saturated carbocycles. The molecule has 0 bridgehead atoms. The molecule has 1 aromatic carbocycles. The smallest absolute Gasteiger partial charge is 0.308 e. The molecule has 1 aromatic rings. The van der Waals surface area contributed by atoms with E-state index in [9.17, 15) is 13.2 Å². The molecule has 1 rings (SSSR count). The van der Waals surface area contributed by atoms with E-state index in [1.165, 1.54) is 6.92 Å². The van der Waals surface area contributed by atoms with Gasteiger partial charge >= 0.3 is 10.1 Å². The standard InChI is InChI=1S/C18H29NO4S/c1-5-7-8-9-18(20)19(15(3)4)14-16-10-12-17(13-11-16)23-24(21,22)6-2/h10-13,15H,5-9,14H2,1-4H3. The van der Waals surface area contributed by atoms with Crippen molar-refractivity contribution in [1.29, 1.82) is 0 Å². The van der Waals surface area contributed by atoms with Gasteiger partial charge in [0.25, 0.3) is 0 Å². The molecule has 0 saturated heterocycles. The van der Waals surface area contributed by atoms with Crippen molar-refractivity contribution in [1.82, 2.24) is 4.90 Å². The molecule has 136 valence electrons. The first kappa shape index (κ1) is 20.5. The van der Waals surface area contributed by atoms with Gasteiger partial charge in [-0.15, -0.1) is 0 Å². The number of rotatable bonds is 10. The third kappa shape index (κ3) is 6.91. The van der Waals surface area contributed by atoms with Crippen LogP contribution >= 0.6 is 0 Å². The number of hydrogen-bond donors (Lipinski definition) is 0. The van der Waals surface area contributed by atoms with Crippen LogP contribution in [0.15, 0.2) is 24.3 Å². The van der Waals surface area contributed by atoms with Gasteiger partial charge in [-0.25, -0.2) is 0 Å². The highest BCUT2D eigenvalue weighted by Gasteiger charge is 2.17. The van der Waals surface area contributed by atoms with Gasteiger partial charge in [0.05, 0.1) is 5.75 Å². The van der Waals surface area contributed by atoms with Crippen molar-refractivity contribution in [3.05, 3.63) is 29.8 Å². The predicted octanol–water partition coefficient (Wildman–Crippen LogP) is 3.73. The fraction of sp³-hybridized carbons (Fsp3) is 0.611. The van der Waals surface area contributed by atoms with Crippen molar-refractivity contribution in [2.24, 2.45) is 0 Å². The van der Waals surface area contributed by atoms with Crippen LogP contribution in [0.1, 0.15) is 58.9 Å². The third-order valence-electron chi connectivity index (χ3n) is 3.79. The predicted molar refractivity (Wildman–Crippen MR) is 96.4 cm³/mol. The number of benzene rings is 1. The highest BCUT2D eigenvalue weighted by atomic mass is 32.2. The fourth-order valence-electron chi connectivity index (χ4n) is 2.28. The fourth-order valence-corrected chi connectivity index (χ4v) is 2.80. The summed E-state index contributed by atoms with van der Waals surface area (Å²) >= 11 is 0. The maximum absolute atomic E-state index is 12.4. The van der Waals surface area contributed by atoms with E-state index in [0.29, 0.717) is 18.7 Å². The molecule has 0 spiro atoms. The van der Waals surface area contributed by atoms with Crippen molar-refractivity contribution in [2.45, 2.75) is 66.0 Å². The summed E-state index contributed by atoms with van der Waals surface area (Å²) in [5, 5.41) is 0. The summed E-state index contributed by atoms with van der Waals surface area (Å²) in [6.45, 7) is 8.18. The summed E-state index contributed by atoms with van der Waals surface area (Å²) in [7, 11) is -3.51. The maximum Gasteiger partial charge on any atom is 0.308 e. The molecule has 0 unspecified atom stereocenters. The Morgan fingerprint density at radius 1 is 1.12 bits per heavy atom. The van der Waals surface area contributed by atoms with Crippen LogP contribution in [-0.2, 0) is 21.5 Å². The second-order valence-corrected chi connectivity index (χ2v) is 8.01. The molecule has 0 atom stereocenters. The first-order valence-electron chi connectivity index (χ1n) is 8.59. The lowest BCUT2D eigenvalue weighted by Gasteiger charge is -2.27. The molecule has 24 heavy (non-hydrogen) atoms. The van der Waals surface area contributed by atoms with E-state index in [1.807, 2.05) is 18.7 Å². The molecule has 0 N–H and O–H groups in total. The van der Waals surface area contributed by atoms with E-state index < -0.39 is 10.1 Å². The van der Waals surface area contributed by atoms with Crippen molar-refractivity contribution >= 4 is 16.0 Å². The minimum atomic E-state index is -3.51. The minimum Gasteiger partial charge on any atom is -0.382 e. The SMILES string of the molecule is CCCCCC(=O)N(Cc1ccc(OS(=O)(=O)CC)cc1)C(C)C. The Kier molecular flexibility index (Phi) is 8.25. The van der Waals surface area contributed by atoms with E-state index in [0.717, 1.165) is 24.8 Å². The first-order chi connectivity index (χ1) is 11.3. The molecular weight excluding hydrogens is 326 g/mol. The lowest BCUT2D eigenvalue weighted by atomic mass is 10.1. The number of nitrogens with zero attached hydrogens (tertiary/aromatic N) is 1. The molecule has 0 aliphatic rings. The lowest BCUT2D eigenvalue weighted by Crippen LogP contribution is -2.36. The van der Waals surface area contributed by atoms with Crippen molar-refractivity contribution in [2.75, 3.05) is 5.75 Å². The summed E-state index contributed by atoms with van der Waals surface area (Å²) < 4.78 is 27.9. The molecule has 0 aromatic heterocycles. The maximum atomic E-state index is 12.4. The zero-order valence-corrected chi connectivity index (χ0v) is 15.9. The van der Waals surface area contributed by atoms with Crippen LogP contribution in [0.5, 0.6) is 5.75 Å². The molecule has 0 aliphatic carbocycles. The third-order valence-corrected chi connectivity index (χ3v) is 4.94. The summed E-state index contributed by atoms with van der Waals surface area (Å²) in [5.41, 5.74) is 0.953. The van der Waals surface area contributed by atoms with Crippen LogP contribution in [0, 0.1) is 0 Å². The van der Waals surface area contributed by atoms with Gasteiger partial charge in [-0.3, -0.25) is 4.79 Å². The largest absolute Gasteiger partial charge is 0.382 e. The Bertz CT molecular complexity index is 608. The Balaban J connectivity index is 2.72. The number of carbonyl (C=O) groups excluding carboxylic acids is 1. The normalized spacial score (nSPS) is 11.5. The second kappa shape index (κ2) is 9.67. The van der Waals surface area contributed by atoms with Crippen LogP contribution < -0.4 is 4.18 Å². The van der Waals surface area contributed by atoms with Gasteiger partial charge in [0, 0.05) is 19.0 Å². The van der Waals surface area contributed by atoms with Crippen molar-refractivity contribution in [3.8, 4) is 5.75 Å². The van der Waals surface area contributed by atoms with E-state index in [2.05, 4.69) is 6.92 Å². The van der Waals surface area contributed by atoms with Crippen LogP contribution in [0.4, 0.5) is 0 Å². The van der Waals surface area contributed by atoms with Gasteiger partial charge in [-0.1, -0.05) is 31.9 Å². The second-order valence-electron chi connectivity index (χ2n) is 6.15. The highest BCUT2D eigenvalue weighted by Crippen LogP contribution is 2.17. The zero-order chi connectivity index (χ0) is 18.2. The van der Waals surface area contributed by atoms with Gasteiger partial charge in [0.1, 0.15) is 5.75 Å². The molecule has 1 amide bonds. The van der Waals surface area contributed by atoms with Crippen molar-refractivity contribution in [3.63, 3.8) is 0 Å². The van der Waals surface area contributed by atoms with Gasteiger partial charge in [0.2, 0.25) is 5.91 Å². The molecule has 0 fully saturated rings. The van der Waals surface area contributed by atoms with E-state index in [1.54, 1.807) is 24.3 Å². The summed E-state index contributed by atoms with van der Waals surface area (Å²) in [6.07, 6.45) is 3.65. The van der Waals surface area contributed by atoms with Gasteiger partial charge < -0.3 is 9.08 Å². The number of hydrogen-bond acceptors (Lipinski definition) is 4. The van der Waals surface area contributed by atoms with Crippen LogP contribution in [0.2, 0.25) is 0 Å². The van der Waals surface area contributed by atoms with Gasteiger partial charge in [-0.05, 0) is 44.9 Å². The van der Waals surface area contributed by atoms with Gasteiger partial charge in [-0.2, -0.15) is 8.42 Å². The molecule has 0 radical (unpaired) electrons. The Morgan fingerprint density at radius 2 is 1.75 bits per heavy atom. The topological polar surface area (TPSA) is 63.7 Å². The molecule has 0 aliphatic heterocycles. The molecule has 5 nitrogen and oxygen atoms in total.